The third-order valence-electron chi connectivity index (χ3n) is 2.38. The van der Waals surface area contributed by atoms with E-state index in [4.69, 9.17) is 4.74 Å². The lowest BCUT2D eigenvalue weighted by Gasteiger charge is -2.30. The predicted molar refractivity (Wildman–Crippen MR) is 71.0 cm³/mol. The first-order valence-electron chi connectivity index (χ1n) is 4.93. The van der Waals surface area contributed by atoms with Gasteiger partial charge in [0.15, 0.2) is 0 Å². The van der Waals surface area contributed by atoms with Crippen LogP contribution in [-0.4, -0.2) is 36.6 Å². The minimum Gasteiger partial charge on any atom is -0.375 e. The Kier molecular flexibility index (Phi) is 4.05. The van der Waals surface area contributed by atoms with E-state index in [1.54, 1.807) is 0 Å². The standard InChI is InChI=1S/C10H11Br2NO2S/c1-6-5-13(2-3-15-6)10(14)8-4-7(11)9(12)16-8/h4,6H,2-3,5H2,1H3/t6-/m0/s1. The monoisotopic (exact) mass is 367 g/mol. The van der Waals surface area contributed by atoms with Crippen molar-refractivity contribution >= 4 is 49.1 Å². The third kappa shape index (κ3) is 2.67. The Labute approximate surface area is 115 Å². The van der Waals surface area contributed by atoms with Crippen molar-refractivity contribution in [2.75, 3.05) is 19.7 Å². The molecule has 88 valence electrons. The van der Waals surface area contributed by atoms with Gasteiger partial charge in [-0.05, 0) is 44.8 Å². The van der Waals surface area contributed by atoms with Crippen molar-refractivity contribution in [3.63, 3.8) is 0 Å². The molecule has 0 unspecified atom stereocenters. The maximum atomic E-state index is 12.1. The molecule has 0 spiro atoms. The maximum absolute atomic E-state index is 12.1. The Morgan fingerprint density at radius 3 is 2.94 bits per heavy atom. The molecular weight excluding hydrogens is 358 g/mol. The molecule has 2 heterocycles. The minimum atomic E-state index is 0.0894. The highest BCUT2D eigenvalue weighted by Gasteiger charge is 2.24. The van der Waals surface area contributed by atoms with E-state index in [1.165, 1.54) is 11.3 Å². The van der Waals surface area contributed by atoms with Gasteiger partial charge in [0.2, 0.25) is 0 Å². The van der Waals surface area contributed by atoms with Crippen LogP contribution in [0.5, 0.6) is 0 Å². The fraction of sp³-hybridized carbons (Fsp3) is 0.500. The van der Waals surface area contributed by atoms with Crippen LogP contribution < -0.4 is 0 Å². The molecule has 0 N–H and O–H groups in total. The highest BCUT2D eigenvalue weighted by atomic mass is 79.9. The number of morpholine rings is 1. The molecule has 1 aromatic heterocycles. The van der Waals surface area contributed by atoms with Crippen molar-refractivity contribution in [3.8, 4) is 0 Å². The summed E-state index contributed by atoms with van der Waals surface area (Å²) in [5.41, 5.74) is 0. The Morgan fingerprint density at radius 2 is 2.38 bits per heavy atom. The molecule has 0 radical (unpaired) electrons. The first-order chi connectivity index (χ1) is 7.58. The van der Waals surface area contributed by atoms with Gasteiger partial charge in [0.1, 0.15) is 0 Å². The van der Waals surface area contributed by atoms with Crippen molar-refractivity contribution in [1.82, 2.24) is 4.90 Å². The number of ether oxygens (including phenoxy) is 1. The van der Waals surface area contributed by atoms with Crippen LogP contribution in [0.2, 0.25) is 0 Å². The Morgan fingerprint density at radius 1 is 1.62 bits per heavy atom. The second-order valence-electron chi connectivity index (χ2n) is 3.66. The Hall–Kier alpha value is 0.0900. The van der Waals surface area contributed by atoms with E-state index in [0.29, 0.717) is 19.7 Å². The number of nitrogens with zero attached hydrogens (tertiary/aromatic N) is 1. The van der Waals surface area contributed by atoms with Gasteiger partial charge in [-0.15, -0.1) is 11.3 Å². The number of carbonyl (C=O) groups is 1. The van der Waals surface area contributed by atoms with Gasteiger partial charge in [-0.25, -0.2) is 0 Å². The average molecular weight is 369 g/mol. The molecule has 0 aliphatic carbocycles. The van der Waals surface area contributed by atoms with Gasteiger partial charge >= 0.3 is 0 Å². The summed E-state index contributed by atoms with van der Waals surface area (Å²) < 4.78 is 7.30. The molecule has 1 atom stereocenters. The van der Waals surface area contributed by atoms with Crippen LogP contribution in [0.4, 0.5) is 0 Å². The molecule has 0 saturated carbocycles. The summed E-state index contributed by atoms with van der Waals surface area (Å²) in [7, 11) is 0. The summed E-state index contributed by atoms with van der Waals surface area (Å²) >= 11 is 8.24. The first-order valence-corrected chi connectivity index (χ1v) is 7.34. The molecule has 1 fully saturated rings. The second-order valence-corrected chi connectivity index (χ2v) is 6.89. The lowest BCUT2D eigenvalue weighted by atomic mass is 10.3. The van der Waals surface area contributed by atoms with Crippen LogP contribution >= 0.6 is 43.2 Å². The molecule has 6 heteroatoms. The second kappa shape index (κ2) is 5.16. The molecule has 0 aromatic carbocycles. The minimum absolute atomic E-state index is 0.0894. The van der Waals surface area contributed by atoms with Gasteiger partial charge in [-0.3, -0.25) is 4.79 Å². The Balaban J connectivity index is 2.12. The smallest absolute Gasteiger partial charge is 0.264 e. The zero-order valence-electron chi connectivity index (χ0n) is 8.70. The number of halogens is 2. The molecule has 1 aliphatic heterocycles. The average Bonchev–Trinajstić information content (AvgIpc) is 2.58. The third-order valence-corrected chi connectivity index (χ3v) is 5.63. The number of rotatable bonds is 1. The highest BCUT2D eigenvalue weighted by molar-refractivity contribution is 9.13. The highest BCUT2D eigenvalue weighted by Crippen LogP contribution is 2.33. The van der Waals surface area contributed by atoms with Crippen molar-refractivity contribution in [2.24, 2.45) is 0 Å². The molecule has 16 heavy (non-hydrogen) atoms. The quantitative estimate of drug-likeness (QED) is 0.762. The first kappa shape index (κ1) is 12.5. The van der Waals surface area contributed by atoms with Crippen molar-refractivity contribution in [2.45, 2.75) is 13.0 Å². The summed E-state index contributed by atoms with van der Waals surface area (Å²) in [6.45, 7) is 3.96. The summed E-state index contributed by atoms with van der Waals surface area (Å²) in [4.78, 5) is 14.8. The molecule has 1 aliphatic rings. The van der Waals surface area contributed by atoms with Gasteiger partial charge < -0.3 is 9.64 Å². The van der Waals surface area contributed by atoms with Crippen LogP contribution in [0.15, 0.2) is 14.3 Å². The molecular formula is C10H11Br2NO2S. The molecule has 0 bridgehead atoms. The maximum Gasteiger partial charge on any atom is 0.264 e. The summed E-state index contributed by atoms with van der Waals surface area (Å²) in [6, 6.07) is 1.86. The van der Waals surface area contributed by atoms with Crippen molar-refractivity contribution in [3.05, 3.63) is 19.2 Å². The van der Waals surface area contributed by atoms with E-state index in [1.807, 2.05) is 17.9 Å². The zero-order valence-corrected chi connectivity index (χ0v) is 12.7. The summed E-state index contributed by atoms with van der Waals surface area (Å²) in [6.07, 6.45) is 0.129. The lowest BCUT2D eigenvalue weighted by molar-refractivity contribution is -0.0122. The van der Waals surface area contributed by atoms with Crippen LogP contribution in [-0.2, 0) is 4.74 Å². The van der Waals surface area contributed by atoms with Gasteiger partial charge in [0, 0.05) is 17.6 Å². The van der Waals surface area contributed by atoms with Crippen molar-refractivity contribution in [1.29, 1.82) is 0 Å². The van der Waals surface area contributed by atoms with Gasteiger partial charge in [0.05, 0.1) is 21.4 Å². The van der Waals surface area contributed by atoms with E-state index in [-0.39, 0.29) is 12.0 Å². The number of amides is 1. The number of hydrogen-bond donors (Lipinski definition) is 0. The largest absolute Gasteiger partial charge is 0.375 e. The van der Waals surface area contributed by atoms with Crippen LogP contribution in [0.1, 0.15) is 16.6 Å². The fourth-order valence-corrected chi connectivity index (χ4v) is 3.61. The number of hydrogen-bond acceptors (Lipinski definition) is 3. The van der Waals surface area contributed by atoms with Crippen LogP contribution in [0, 0.1) is 0 Å². The van der Waals surface area contributed by atoms with E-state index in [2.05, 4.69) is 31.9 Å². The summed E-state index contributed by atoms with van der Waals surface area (Å²) in [5.74, 6) is 0.0894. The molecule has 1 aromatic rings. The summed E-state index contributed by atoms with van der Waals surface area (Å²) in [5, 5.41) is 0. The molecule has 1 saturated heterocycles. The van der Waals surface area contributed by atoms with Crippen LogP contribution in [0.25, 0.3) is 0 Å². The Bertz CT molecular complexity index is 388. The van der Waals surface area contributed by atoms with E-state index < -0.39 is 0 Å². The lowest BCUT2D eigenvalue weighted by Crippen LogP contribution is -2.44. The van der Waals surface area contributed by atoms with Gasteiger partial charge in [-0.1, -0.05) is 0 Å². The van der Waals surface area contributed by atoms with E-state index in [0.717, 1.165) is 13.1 Å². The van der Waals surface area contributed by atoms with Crippen LogP contribution in [0.3, 0.4) is 0 Å². The number of carbonyl (C=O) groups excluding carboxylic acids is 1. The van der Waals surface area contributed by atoms with E-state index >= 15 is 0 Å². The number of thiophene rings is 1. The SMILES string of the molecule is C[C@H]1CN(C(=O)c2cc(Br)c(Br)s2)CCO1. The van der Waals surface area contributed by atoms with Gasteiger partial charge in [-0.2, -0.15) is 0 Å². The molecule has 2 rings (SSSR count). The molecule has 3 nitrogen and oxygen atoms in total. The van der Waals surface area contributed by atoms with Crippen molar-refractivity contribution < 1.29 is 9.53 Å². The fourth-order valence-electron chi connectivity index (χ4n) is 1.61. The molecule has 1 amide bonds. The van der Waals surface area contributed by atoms with Gasteiger partial charge in [0.25, 0.3) is 5.91 Å². The zero-order chi connectivity index (χ0) is 11.7. The van der Waals surface area contributed by atoms with E-state index in [9.17, 15) is 4.79 Å². The normalized spacial score (nSPS) is 21.2. The topological polar surface area (TPSA) is 29.5 Å². The predicted octanol–water partition coefficient (Wildman–Crippen LogP) is 3.13.